The Kier molecular flexibility index (Phi) is 4.34. The number of phenols is 1. The third-order valence-corrected chi connectivity index (χ3v) is 3.15. The first-order valence-electron chi connectivity index (χ1n) is 5.93. The number of methoxy groups -OCH3 is 1. The maximum atomic E-state index is 9.70. The molecule has 0 saturated heterocycles. The zero-order valence-electron chi connectivity index (χ0n) is 10.9. The first-order chi connectivity index (χ1) is 9.63. The highest BCUT2D eigenvalue weighted by Gasteiger charge is 2.05. The lowest BCUT2D eigenvalue weighted by Crippen LogP contribution is -2.00. The predicted molar refractivity (Wildman–Crippen MR) is 78.2 cm³/mol. The molecule has 0 fully saturated rings. The molecular weight excluding hydrogens is 276 g/mol. The van der Waals surface area contributed by atoms with Gasteiger partial charge in [0.15, 0.2) is 11.5 Å². The van der Waals surface area contributed by atoms with Gasteiger partial charge < -0.3 is 15.2 Å². The Morgan fingerprint density at radius 2 is 2.10 bits per heavy atom. The second-order valence-electron chi connectivity index (χ2n) is 4.17. The molecule has 2 N–H and O–H groups in total. The molecule has 2 rings (SSSR count). The molecular formula is C15H13ClN2O2. The van der Waals surface area contributed by atoms with E-state index in [9.17, 15) is 5.11 Å². The Morgan fingerprint density at radius 1 is 1.30 bits per heavy atom. The minimum Gasteiger partial charge on any atom is -0.504 e. The van der Waals surface area contributed by atoms with Crippen LogP contribution in [0.5, 0.6) is 11.5 Å². The van der Waals surface area contributed by atoms with Gasteiger partial charge in [-0.1, -0.05) is 17.7 Å². The smallest absolute Gasteiger partial charge is 0.160 e. The molecule has 0 heterocycles. The number of nitriles is 1. The van der Waals surface area contributed by atoms with Crippen molar-refractivity contribution in [3.05, 3.63) is 52.5 Å². The van der Waals surface area contributed by atoms with Crippen molar-refractivity contribution in [3.63, 3.8) is 0 Å². The minimum atomic E-state index is 0.0867. The molecule has 5 heteroatoms. The predicted octanol–water partition coefficient (Wildman–Crippen LogP) is 3.54. The maximum absolute atomic E-state index is 9.70. The fourth-order valence-corrected chi connectivity index (χ4v) is 1.96. The van der Waals surface area contributed by atoms with Gasteiger partial charge in [-0.3, -0.25) is 0 Å². The Bertz CT molecular complexity index is 665. The number of hydrogen-bond donors (Lipinski definition) is 2. The largest absolute Gasteiger partial charge is 0.504 e. The second-order valence-corrected chi connectivity index (χ2v) is 4.57. The maximum Gasteiger partial charge on any atom is 0.160 e. The average Bonchev–Trinajstić information content (AvgIpc) is 2.46. The molecule has 20 heavy (non-hydrogen) atoms. The molecule has 0 bridgehead atoms. The van der Waals surface area contributed by atoms with Gasteiger partial charge in [0.1, 0.15) is 0 Å². The van der Waals surface area contributed by atoms with Crippen molar-refractivity contribution >= 4 is 17.3 Å². The zero-order valence-corrected chi connectivity index (χ0v) is 11.6. The van der Waals surface area contributed by atoms with Crippen molar-refractivity contribution < 1.29 is 9.84 Å². The van der Waals surface area contributed by atoms with E-state index in [1.165, 1.54) is 7.11 Å². The highest BCUT2D eigenvalue weighted by Crippen LogP contribution is 2.27. The van der Waals surface area contributed by atoms with Gasteiger partial charge in [0, 0.05) is 6.54 Å². The van der Waals surface area contributed by atoms with Crippen LogP contribution >= 0.6 is 11.6 Å². The summed E-state index contributed by atoms with van der Waals surface area (Å²) in [6.07, 6.45) is 0. The quantitative estimate of drug-likeness (QED) is 0.903. The van der Waals surface area contributed by atoms with Gasteiger partial charge in [-0.2, -0.15) is 5.26 Å². The molecule has 2 aromatic rings. The lowest BCUT2D eigenvalue weighted by atomic mass is 10.2. The summed E-state index contributed by atoms with van der Waals surface area (Å²) in [5.41, 5.74) is 2.09. The van der Waals surface area contributed by atoms with Crippen molar-refractivity contribution in [1.29, 1.82) is 5.26 Å². The van der Waals surface area contributed by atoms with Gasteiger partial charge in [0.2, 0.25) is 0 Å². The number of hydrogen-bond acceptors (Lipinski definition) is 4. The number of benzene rings is 2. The van der Waals surface area contributed by atoms with Gasteiger partial charge in [-0.15, -0.1) is 0 Å². The van der Waals surface area contributed by atoms with E-state index in [1.807, 2.05) is 6.07 Å². The summed E-state index contributed by atoms with van der Waals surface area (Å²) in [5, 5.41) is 22.2. The van der Waals surface area contributed by atoms with Crippen LogP contribution in [0.15, 0.2) is 36.4 Å². The highest BCUT2D eigenvalue weighted by molar-refractivity contribution is 6.33. The molecule has 0 aliphatic heterocycles. The molecule has 0 spiro atoms. The van der Waals surface area contributed by atoms with Crippen LogP contribution in [0.3, 0.4) is 0 Å². The van der Waals surface area contributed by atoms with E-state index in [0.717, 1.165) is 5.56 Å². The Balaban J connectivity index is 2.13. The van der Waals surface area contributed by atoms with Crippen molar-refractivity contribution in [2.75, 3.05) is 12.4 Å². The van der Waals surface area contributed by atoms with Gasteiger partial charge in [0.25, 0.3) is 0 Å². The summed E-state index contributed by atoms with van der Waals surface area (Å²) in [6.45, 7) is 0.478. The van der Waals surface area contributed by atoms with Crippen LogP contribution in [-0.4, -0.2) is 12.2 Å². The molecule has 0 radical (unpaired) electrons. The molecule has 0 aliphatic carbocycles. The molecule has 2 aromatic carbocycles. The third kappa shape index (κ3) is 3.14. The Hall–Kier alpha value is -2.38. The number of halogens is 1. The molecule has 0 atom stereocenters. The summed E-state index contributed by atoms with van der Waals surface area (Å²) in [6, 6.07) is 12.2. The Morgan fingerprint density at radius 3 is 2.75 bits per heavy atom. The summed E-state index contributed by atoms with van der Waals surface area (Å²) in [5.74, 6) is 0.516. The van der Waals surface area contributed by atoms with Gasteiger partial charge in [-0.05, 0) is 35.9 Å². The number of anilines is 1. The standard InChI is InChI=1S/C15H13ClN2O2/c1-20-15-5-3-11(7-14(15)19)9-18-13-6-10(8-17)2-4-12(13)16/h2-7,18-19H,9H2,1H3. The van der Waals surface area contributed by atoms with E-state index < -0.39 is 0 Å². The first-order valence-corrected chi connectivity index (χ1v) is 6.31. The lowest BCUT2D eigenvalue weighted by molar-refractivity contribution is 0.373. The van der Waals surface area contributed by atoms with E-state index >= 15 is 0 Å². The average molecular weight is 289 g/mol. The number of rotatable bonds is 4. The molecule has 0 unspecified atom stereocenters. The molecule has 0 aromatic heterocycles. The summed E-state index contributed by atoms with van der Waals surface area (Å²) >= 11 is 6.06. The van der Waals surface area contributed by atoms with Crippen molar-refractivity contribution in [2.24, 2.45) is 0 Å². The number of nitrogens with one attached hydrogen (secondary N) is 1. The van der Waals surface area contributed by atoms with Crippen molar-refractivity contribution in [1.82, 2.24) is 0 Å². The first kappa shape index (κ1) is 14.0. The number of nitrogens with zero attached hydrogens (tertiary/aromatic N) is 1. The highest BCUT2D eigenvalue weighted by atomic mass is 35.5. The number of aromatic hydroxyl groups is 1. The SMILES string of the molecule is COc1ccc(CNc2cc(C#N)ccc2Cl)cc1O. The van der Waals surface area contributed by atoms with E-state index in [0.29, 0.717) is 28.6 Å². The second kappa shape index (κ2) is 6.18. The molecule has 4 nitrogen and oxygen atoms in total. The van der Waals surface area contributed by atoms with Crippen molar-refractivity contribution in [3.8, 4) is 17.6 Å². The molecule has 0 saturated carbocycles. The van der Waals surface area contributed by atoms with Crippen LogP contribution < -0.4 is 10.1 Å². The van der Waals surface area contributed by atoms with Crippen LogP contribution in [0.25, 0.3) is 0 Å². The number of ether oxygens (including phenoxy) is 1. The monoisotopic (exact) mass is 288 g/mol. The van der Waals surface area contributed by atoms with Crippen LogP contribution in [0.2, 0.25) is 5.02 Å². The van der Waals surface area contributed by atoms with Crippen LogP contribution in [0.1, 0.15) is 11.1 Å². The fraction of sp³-hybridized carbons (Fsp3) is 0.133. The topological polar surface area (TPSA) is 65.3 Å². The zero-order chi connectivity index (χ0) is 14.5. The molecule has 102 valence electrons. The van der Waals surface area contributed by atoms with Gasteiger partial charge >= 0.3 is 0 Å². The van der Waals surface area contributed by atoms with E-state index in [4.69, 9.17) is 21.6 Å². The van der Waals surface area contributed by atoms with Crippen LogP contribution in [0, 0.1) is 11.3 Å². The van der Waals surface area contributed by atoms with Gasteiger partial charge in [-0.25, -0.2) is 0 Å². The third-order valence-electron chi connectivity index (χ3n) is 2.82. The van der Waals surface area contributed by atoms with Crippen LogP contribution in [0.4, 0.5) is 5.69 Å². The van der Waals surface area contributed by atoms with E-state index in [1.54, 1.807) is 30.3 Å². The summed E-state index contributed by atoms with van der Waals surface area (Å²) in [4.78, 5) is 0. The lowest BCUT2D eigenvalue weighted by Gasteiger charge is -2.10. The van der Waals surface area contributed by atoms with Crippen molar-refractivity contribution in [2.45, 2.75) is 6.54 Å². The van der Waals surface area contributed by atoms with Gasteiger partial charge in [0.05, 0.1) is 29.5 Å². The molecule has 0 amide bonds. The Labute approximate surface area is 122 Å². The minimum absolute atomic E-state index is 0.0867. The molecule has 0 aliphatic rings. The fourth-order valence-electron chi connectivity index (χ4n) is 1.77. The number of phenolic OH excluding ortho intramolecular Hbond substituents is 1. The summed E-state index contributed by atoms with van der Waals surface area (Å²) in [7, 11) is 1.50. The van der Waals surface area contributed by atoms with Crippen LogP contribution in [-0.2, 0) is 6.54 Å². The normalized spacial score (nSPS) is 9.85. The summed E-state index contributed by atoms with van der Waals surface area (Å²) < 4.78 is 4.98. The van der Waals surface area contributed by atoms with E-state index in [-0.39, 0.29) is 5.75 Å². The van der Waals surface area contributed by atoms with E-state index in [2.05, 4.69) is 11.4 Å².